The molecule has 0 radical (unpaired) electrons. The second kappa shape index (κ2) is 9.20. The van der Waals surface area contributed by atoms with Crippen molar-refractivity contribution in [3.8, 4) is 11.3 Å². The van der Waals surface area contributed by atoms with E-state index in [9.17, 15) is 4.79 Å². The number of hydrogen-bond acceptors (Lipinski definition) is 3. The van der Waals surface area contributed by atoms with Gasteiger partial charge in [0, 0.05) is 22.8 Å². The molecule has 0 saturated heterocycles. The Morgan fingerprint density at radius 2 is 1.90 bits per heavy atom. The topological polar surface area (TPSA) is 47.4 Å². The average molecular weight is 452 g/mol. The molecule has 0 N–H and O–H groups in total. The number of rotatable bonds is 5. The molecule has 0 spiro atoms. The summed E-state index contributed by atoms with van der Waals surface area (Å²) >= 11 is 3.44. The minimum absolute atomic E-state index is 0.0970. The molecule has 0 unspecified atom stereocenters. The van der Waals surface area contributed by atoms with Crippen molar-refractivity contribution in [3.63, 3.8) is 0 Å². The Kier molecular flexibility index (Phi) is 6.22. The van der Waals surface area contributed by atoms with Crippen LogP contribution in [0.5, 0.6) is 0 Å². The molecule has 1 aliphatic heterocycles. The number of carbonyl (C=O) groups excluding carboxylic acids is 1. The van der Waals surface area contributed by atoms with Gasteiger partial charge in [-0.25, -0.2) is 4.79 Å². The highest BCUT2D eigenvalue weighted by molar-refractivity contribution is 9.10. The van der Waals surface area contributed by atoms with Crippen molar-refractivity contribution >= 4 is 22.0 Å². The van der Waals surface area contributed by atoms with Gasteiger partial charge in [-0.2, -0.15) is 9.78 Å². The minimum atomic E-state index is -0.133. The van der Waals surface area contributed by atoms with Gasteiger partial charge in [0.1, 0.15) is 0 Å². The molecule has 0 bridgehead atoms. The maximum atomic E-state index is 13.1. The molecule has 148 valence electrons. The highest BCUT2D eigenvalue weighted by Gasteiger charge is 2.25. The van der Waals surface area contributed by atoms with Crippen LogP contribution in [0.25, 0.3) is 11.3 Å². The molecule has 29 heavy (non-hydrogen) atoms. The molecule has 3 aromatic rings. The second-order valence-corrected chi connectivity index (χ2v) is 7.83. The summed E-state index contributed by atoms with van der Waals surface area (Å²) < 4.78 is 8.31. The molecule has 2 heterocycles. The second-order valence-electron chi connectivity index (χ2n) is 6.91. The van der Waals surface area contributed by atoms with Gasteiger partial charge in [0.15, 0.2) is 0 Å². The number of benzene rings is 2. The lowest BCUT2D eigenvalue weighted by atomic mass is 10.1. The van der Waals surface area contributed by atoms with Crippen molar-refractivity contribution in [2.24, 2.45) is 0 Å². The van der Waals surface area contributed by atoms with Gasteiger partial charge in [0.05, 0.1) is 24.9 Å². The lowest BCUT2D eigenvalue weighted by Gasteiger charge is -2.31. The van der Waals surface area contributed by atoms with E-state index in [4.69, 9.17) is 4.74 Å². The maximum Gasteiger partial charge on any atom is 0.345 e. The number of halogens is 1. The van der Waals surface area contributed by atoms with Crippen LogP contribution in [0.1, 0.15) is 12.0 Å². The molecule has 0 saturated carbocycles. The lowest BCUT2D eigenvalue weighted by molar-refractivity contribution is 0.0749. The summed E-state index contributed by atoms with van der Waals surface area (Å²) in [6.07, 6.45) is 6.71. The van der Waals surface area contributed by atoms with Crippen molar-refractivity contribution in [1.29, 1.82) is 0 Å². The van der Waals surface area contributed by atoms with Gasteiger partial charge in [-0.3, -0.25) is 0 Å². The normalized spacial score (nSPS) is 16.2. The molecule has 2 aromatic carbocycles. The number of nitrogens with zero attached hydrogens (tertiary/aromatic N) is 3. The van der Waals surface area contributed by atoms with Crippen molar-refractivity contribution in [2.45, 2.75) is 19.1 Å². The SMILES string of the molecule is O=C(N1CCC=C[C@@H]1COCc1ccccc1)n1ccc(-c2ccc(Br)cc2)n1. The van der Waals surface area contributed by atoms with Gasteiger partial charge < -0.3 is 9.64 Å². The standard InChI is InChI=1S/C23H22BrN3O2/c24-20-11-9-19(10-12-20)22-13-15-27(25-22)23(28)26-14-5-4-8-21(26)17-29-16-18-6-2-1-3-7-18/h1-4,6-13,15,21H,5,14,16-17H2/t21-/m1/s1. The van der Waals surface area contributed by atoms with E-state index < -0.39 is 0 Å². The van der Waals surface area contributed by atoms with Crippen molar-refractivity contribution in [1.82, 2.24) is 14.7 Å². The van der Waals surface area contributed by atoms with E-state index in [1.807, 2.05) is 71.6 Å². The van der Waals surface area contributed by atoms with Crippen LogP contribution in [0, 0.1) is 0 Å². The molecule has 1 aliphatic rings. The highest BCUT2D eigenvalue weighted by atomic mass is 79.9. The lowest BCUT2D eigenvalue weighted by Crippen LogP contribution is -2.46. The maximum absolute atomic E-state index is 13.1. The largest absolute Gasteiger partial charge is 0.374 e. The summed E-state index contributed by atoms with van der Waals surface area (Å²) in [5.41, 5.74) is 2.87. The Labute approximate surface area is 178 Å². The Hall–Kier alpha value is -2.70. The molecule has 4 rings (SSSR count). The monoisotopic (exact) mass is 451 g/mol. The summed E-state index contributed by atoms with van der Waals surface area (Å²) in [7, 11) is 0. The summed E-state index contributed by atoms with van der Waals surface area (Å²) in [5.74, 6) is 0. The Morgan fingerprint density at radius 1 is 1.10 bits per heavy atom. The quantitative estimate of drug-likeness (QED) is 0.505. The zero-order valence-corrected chi connectivity index (χ0v) is 17.5. The first kappa shape index (κ1) is 19.6. The van der Waals surface area contributed by atoms with Crippen LogP contribution >= 0.6 is 15.9 Å². The predicted octanol–water partition coefficient (Wildman–Crippen LogP) is 5.13. The fourth-order valence-electron chi connectivity index (χ4n) is 3.33. The van der Waals surface area contributed by atoms with Crippen molar-refractivity contribution in [3.05, 3.63) is 89.0 Å². The third-order valence-corrected chi connectivity index (χ3v) is 5.39. The van der Waals surface area contributed by atoms with Crippen LogP contribution < -0.4 is 0 Å². The van der Waals surface area contributed by atoms with Crippen LogP contribution in [0.2, 0.25) is 0 Å². The summed E-state index contributed by atoms with van der Waals surface area (Å²) in [6, 6.07) is 19.6. The Balaban J connectivity index is 1.42. The molecule has 1 amide bonds. The van der Waals surface area contributed by atoms with Crippen LogP contribution in [0.4, 0.5) is 4.79 Å². The number of aromatic nitrogens is 2. The van der Waals surface area contributed by atoms with E-state index in [0.29, 0.717) is 19.8 Å². The zero-order valence-electron chi connectivity index (χ0n) is 15.9. The molecule has 0 fully saturated rings. The molecule has 0 aliphatic carbocycles. The van der Waals surface area contributed by atoms with Crippen LogP contribution in [-0.4, -0.2) is 39.9 Å². The fraction of sp³-hybridized carbons (Fsp3) is 0.217. The third-order valence-electron chi connectivity index (χ3n) is 4.87. The predicted molar refractivity (Wildman–Crippen MR) is 117 cm³/mol. The van der Waals surface area contributed by atoms with Gasteiger partial charge >= 0.3 is 6.03 Å². The van der Waals surface area contributed by atoms with Crippen molar-refractivity contribution < 1.29 is 9.53 Å². The van der Waals surface area contributed by atoms with E-state index >= 15 is 0 Å². The van der Waals surface area contributed by atoms with Crippen molar-refractivity contribution in [2.75, 3.05) is 13.2 Å². The first-order valence-electron chi connectivity index (χ1n) is 9.61. The van der Waals surface area contributed by atoms with E-state index in [-0.39, 0.29) is 12.1 Å². The van der Waals surface area contributed by atoms with E-state index in [2.05, 4.69) is 27.1 Å². The van der Waals surface area contributed by atoms with Gasteiger partial charge in [-0.1, -0.05) is 70.5 Å². The highest BCUT2D eigenvalue weighted by Crippen LogP contribution is 2.21. The molecule has 5 nitrogen and oxygen atoms in total. The van der Waals surface area contributed by atoms with E-state index in [0.717, 1.165) is 27.7 Å². The fourth-order valence-corrected chi connectivity index (χ4v) is 3.59. The minimum Gasteiger partial charge on any atom is -0.374 e. The smallest absolute Gasteiger partial charge is 0.345 e. The molecule has 1 atom stereocenters. The molecule has 6 heteroatoms. The van der Waals surface area contributed by atoms with E-state index in [1.165, 1.54) is 4.68 Å². The van der Waals surface area contributed by atoms with Crippen LogP contribution in [0.3, 0.4) is 0 Å². The van der Waals surface area contributed by atoms with Crippen LogP contribution in [0.15, 0.2) is 83.5 Å². The molecule has 1 aromatic heterocycles. The van der Waals surface area contributed by atoms with Gasteiger partial charge in [-0.15, -0.1) is 0 Å². The Bertz CT molecular complexity index is 983. The summed E-state index contributed by atoms with van der Waals surface area (Å²) in [4.78, 5) is 14.9. The summed E-state index contributed by atoms with van der Waals surface area (Å²) in [6.45, 7) is 1.64. The summed E-state index contributed by atoms with van der Waals surface area (Å²) in [5, 5.41) is 4.49. The van der Waals surface area contributed by atoms with Gasteiger partial charge in [0.25, 0.3) is 0 Å². The third kappa shape index (κ3) is 4.83. The Morgan fingerprint density at radius 3 is 2.69 bits per heavy atom. The van der Waals surface area contributed by atoms with E-state index in [1.54, 1.807) is 6.20 Å². The molecular weight excluding hydrogens is 430 g/mol. The number of carbonyl (C=O) groups is 1. The van der Waals surface area contributed by atoms with Gasteiger partial charge in [-0.05, 0) is 30.2 Å². The average Bonchev–Trinajstić information content (AvgIpc) is 3.25. The van der Waals surface area contributed by atoms with Crippen LogP contribution in [-0.2, 0) is 11.3 Å². The first-order chi connectivity index (χ1) is 14.2. The van der Waals surface area contributed by atoms with Gasteiger partial charge in [0.2, 0.25) is 0 Å². The molecular formula is C23H22BrN3O2. The number of amides is 1. The zero-order chi connectivity index (χ0) is 20.1. The number of ether oxygens (including phenoxy) is 1. The number of hydrogen-bond donors (Lipinski definition) is 0. The first-order valence-corrected chi connectivity index (χ1v) is 10.4.